The summed E-state index contributed by atoms with van der Waals surface area (Å²) in [6.45, 7) is 3.12. The van der Waals surface area contributed by atoms with Crippen LogP contribution in [0.3, 0.4) is 0 Å². The molecule has 2 rings (SSSR count). The van der Waals surface area contributed by atoms with Gasteiger partial charge in [0.05, 0.1) is 5.02 Å². The van der Waals surface area contributed by atoms with Gasteiger partial charge in [0.15, 0.2) is 12.7 Å². The van der Waals surface area contributed by atoms with Crippen molar-refractivity contribution in [2.24, 2.45) is 0 Å². The highest BCUT2D eigenvalue weighted by Crippen LogP contribution is 2.22. The molecule has 1 atom stereocenters. The molecule has 24 heavy (non-hydrogen) atoms. The van der Waals surface area contributed by atoms with E-state index in [2.05, 4.69) is 5.32 Å². The van der Waals surface area contributed by atoms with Gasteiger partial charge in [-0.25, -0.2) is 4.79 Å². The Labute approximate surface area is 145 Å². The van der Waals surface area contributed by atoms with Crippen LogP contribution >= 0.6 is 11.6 Å². The molecule has 0 heterocycles. The Hall–Kier alpha value is -2.53. The Bertz CT molecular complexity index is 715. The third kappa shape index (κ3) is 5.28. The lowest BCUT2D eigenvalue weighted by molar-refractivity contribution is -0.155. The molecule has 0 saturated carbocycles. The SMILES string of the molecule is Cc1ccc(NC(=O)[C@@H](C)OC(=O)COc2ccccc2Cl)cc1. The molecule has 0 aromatic heterocycles. The Morgan fingerprint density at radius 3 is 2.46 bits per heavy atom. The van der Waals surface area contributed by atoms with Crippen molar-refractivity contribution in [3.05, 3.63) is 59.1 Å². The Balaban J connectivity index is 1.81. The smallest absolute Gasteiger partial charge is 0.344 e. The van der Waals surface area contributed by atoms with Crippen molar-refractivity contribution in [1.82, 2.24) is 0 Å². The standard InChI is InChI=1S/C18H18ClNO4/c1-12-7-9-14(10-8-12)20-18(22)13(2)24-17(21)11-23-16-6-4-3-5-15(16)19/h3-10,13H,11H2,1-2H3,(H,20,22)/t13-/m1/s1. The number of benzene rings is 2. The molecule has 0 fully saturated rings. The first-order valence-electron chi connectivity index (χ1n) is 7.40. The normalized spacial score (nSPS) is 11.5. The number of hydrogen-bond donors (Lipinski definition) is 1. The van der Waals surface area contributed by atoms with E-state index in [1.807, 2.05) is 19.1 Å². The van der Waals surface area contributed by atoms with E-state index in [1.54, 1.807) is 36.4 Å². The topological polar surface area (TPSA) is 64.6 Å². The highest BCUT2D eigenvalue weighted by atomic mass is 35.5. The number of para-hydroxylation sites is 1. The van der Waals surface area contributed by atoms with E-state index in [-0.39, 0.29) is 6.61 Å². The lowest BCUT2D eigenvalue weighted by Gasteiger charge is -2.14. The van der Waals surface area contributed by atoms with E-state index in [0.29, 0.717) is 16.5 Å². The number of anilines is 1. The van der Waals surface area contributed by atoms with Gasteiger partial charge in [0, 0.05) is 5.69 Å². The van der Waals surface area contributed by atoms with Crippen molar-refractivity contribution in [2.75, 3.05) is 11.9 Å². The minimum absolute atomic E-state index is 0.327. The molecular weight excluding hydrogens is 330 g/mol. The number of hydrogen-bond acceptors (Lipinski definition) is 4. The second kappa shape index (κ2) is 8.36. The van der Waals surface area contributed by atoms with Crippen molar-refractivity contribution in [3.63, 3.8) is 0 Å². The van der Waals surface area contributed by atoms with Crippen LogP contribution in [0, 0.1) is 6.92 Å². The van der Waals surface area contributed by atoms with Crippen LogP contribution in [0.25, 0.3) is 0 Å². The Kier molecular flexibility index (Phi) is 6.21. The molecule has 0 saturated heterocycles. The van der Waals surface area contributed by atoms with Gasteiger partial charge in [-0.05, 0) is 38.1 Å². The van der Waals surface area contributed by atoms with Crippen LogP contribution in [0.2, 0.25) is 5.02 Å². The summed E-state index contributed by atoms with van der Waals surface area (Å²) >= 11 is 5.92. The summed E-state index contributed by atoms with van der Waals surface area (Å²) in [6.07, 6.45) is -0.936. The summed E-state index contributed by atoms with van der Waals surface area (Å²) in [5.41, 5.74) is 1.73. The second-order valence-corrected chi connectivity index (χ2v) is 5.61. The van der Waals surface area contributed by atoms with Crippen LogP contribution in [0.15, 0.2) is 48.5 Å². The predicted molar refractivity (Wildman–Crippen MR) is 92.3 cm³/mol. The largest absolute Gasteiger partial charge is 0.480 e. The number of esters is 1. The van der Waals surface area contributed by atoms with Gasteiger partial charge in [-0.1, -0.05) is 41.4 Å². The average molecular weight is 348 g/mol. The van der Waals surface area contributed by atoms with Gasteiger partial charge >= 0.3 is 5.97 Å². The van der Waals surface area contributed by atoms with Crippen LogP contribution in [-0.2, 0) is 14.3 Å². The van der Waals surface area contributed by atoms with Gasteiger partial charge in [0.1, 0.15) is 5.75 Å². The van der Waals surface area contributed by atoms with E-state index < -0.39 is 18.0 Å². The summed E-state index contributed by atoms with van der Waals surface area (Å²) < 4.78 is 10.3. The van der Waals surface area contributed by atoms with Gasteiger partial charge in [0.2, 0.25) is 0 Å². The summed E-state index contributed by atoms with van der Waals surface area (Å²) in [4.78, 5) is 23.8. The molecule has 0 radical (unpaired) electrons. The molecule has 0 aliphatic heterocycles. The van der Waals surface area contributed by atoms with E-state index in [4.69, 9.17) is 21.1 Å². The van der Waals surface area contributed by atoms with Crippen molar-refractivity contribution < 1.29 is 19.1 Å². The first kappa shape index (κ1) is 17.8. The first-order valence-corrected chi connectivity index (χ1v) is 7.78. The predicted octanol–water partition coefficient (Wildman–Crippen LogP) is 3.60. The lowest BCUT2D eigenvalue weighted by atomic mass is 10.2. The molecule has 0 bridgehead atoms. The maximum absolute atomic E-state index is 12.0. The summed E-state index contributed by atoms with van der Waals surface area (Å²) in [6, 6.07) is 14.1. The first-order chi connectivity index (χ1) is 11.5. The summed E-state index contributed by atoms with van der Waals surface area (Å²) in [7, 11) is 0. The number of carbonyl (C=O) groups excluding carboxylic acids is 2. The molecule has 0 aliphatic rings. The van der Waals surface area contributed by atoms with E-state index in [9.17, 15) is 9.59 Å². The van der Waals surface area contributed by atoms with Crippen LogP contribution in [0.4, 0.5) is 5.69 Å². The molecule has 2 aromatic carbocycles. The molecule has 126 valence electrons. The van der Waals surface area contributed by atoms with Crippen LogP contribution in [0.1, 0.15) is 12.5 Å². The number of carbonyl (C=O) groups is 2. The molecule has 1 amide bonds. The zero-order valence-corrected chi connectivity index (χ0v) is 14.2. The molecule has 0 aliphatic carbocycles. The van der Waals surface area contributed by atoms with Crippen LogP contribution < -0.4 is 10.1 Å². The van der Waals surface area contributed by atoms with E-state index in [0.717, 1.165) is 5.56 Å². The van der Waals surface area contributed by atoms with E-state index in [1.165, 1.54) is 6.92 Å². The Morgan fingerprint density at radius 2 is 1.79 bits per heavy atom. The van der Waals surface area contributed by atoms with Gasteiger partial charge in [-0.3, -0.25) is 4.79 Å². The van der Waals surface area contributed by atoms with Crippen molar-refractivity contribution in [2.45, 2.75) is 20.0 Å². The molecule has 2 aromatic rings. The van der Waals surface area contributed by atoms with Gasteiger partial charge < -0.3 is 14.8 Å². The highest BCUT2D eigenvalue weighted by molar-refractivity contribution is 6.32. The second-order valence-electron chi connectivity index (χ2n) is 5.21. The molecule has 6 heteroatoms. The number of amides is 1. The minimum Gasteiger partial charge on any atom is -0.480 e. The molecule has 1 N–H and O–H groups in total. The van der Waals surface area contributed by atoms with Crippen LogP contribution in [0.5, 0.6) is 5.75 Å². The quantitative estimate of drug-likeness (QED) is 0.811. The van der Waals surface area contributed by atoms with Crippen molar-refractivity contribution >= 4 is 29.2 Å². The van der Waals surface area contributed by atoms with E-state index >= 15 is 0 Å². The van der Waals surface area contributed by atoms with Crippen molar-refractivity contribution in [3.8, 4) is 5.75 Å². The van der Waals surface area contributed by atoms with Gasteiger partial charge in [0.25, 0.3) is 5.91 Å². The van der Waals surface area contributed by atoms with Crippen molar-refractivity contribution in [1.29, 1.82) is 0 Å². The number of ether oxygens (including phenoxy) is 2. The zero-order chi connectivity index (χ0) is 17.5. The third-order valence-electron chi connectivity index (χ3n) is 3.18. The number of rotatable bonds is 6. The lowest BCUT2D eigenvalue weighted by Crippen LogP contribution is -2.31. The zero-order valence-electron chi connectivity index (χ0n) is 13.4. The monoisotopic (exact) mass is 347 g/mol. The Morgan fingerprint density at radius 1 is 1.12 bits per heavy atom. The number of aryl methyl sites for hydroxylation is 1. The third-order valence-corrected chi connectivity index (χ3v) is 3.49. The minimum atomic E-state index is -0.936. The van der Waals surface area contributed by atoms with Gasteiger partial charge in [-0.2, -0.15) is 0 Å². The van der Waals surface area contributed by atoms with Crippen LogP contribution in [-0.4, -0.2) is 24.6 Å². The fourth-order valence-electron chi connectivity index (χ4n) is 1.86. The number of halogens is 1. The summed E-state index contributed by atoms with van der Waals surface area (Å²) in [5, 5.41) is 3.08. The molecular formula is C18H18ClNO4. The van der Waals surface area contributed by atoms with Gasteiger partial charge in [-0.15, -0.1) is 0 Å². The number of nitrogens with one attached hydrogen (secondary N) is 1. The highest BCUT2D eigenvalue weighted by Gasteiger charge is 2.18. The molecule has 0 unspecified atom stereocenters. The summed E-state index contributed by atoms with van der Waals surface area (Å²) in [5.74, 6) is -0.681. The fourth-order valence-corrected chi connectivity index (χ4v) is 2.05. The fraction of sp³-hybridized carbons (Fsp3) is 0.222. The molecule has 5 nitrogen and oxygen atoms in total. The molecule has 0 spiro atoms. The maximum Gasteiger partial charge on any atom is 0.344 e. The average Bonchev–Trinajstić information content (AvgIpc) is 2.56. The maximum atomic E-state index is 12.0.